The van der Waals surface area contributed by atoms with Crippen LogP contribution in [0.15, 0.2) is 0 Å². The van der Waals surface area contributed by atoms with Crippen molar-refractivity contribution in [3.8, 4) is 47.4 Å². The molecule has 0 fully saturated rings. The van der Waals surface area contributed by atoms with Crippen LogP contribution in [-0.4, -0.2) is 31.3 Å². The third-order valence-corrected chi connectivity index (χ3v) is 4.17. The Labute approximate surface area is 246 Å². The van der Waals surface area contributed by atoms with Crippen LogP contribution in [-0.2, 0) is 28.2 Å². The largest absolute Gasteiger partial charge is 1.00 e. The van der Waals surface area contributed by atoms with Crippen LogP contribution in [0.25, 0.3) is 0 Å². The van der Waals surface area contributed by atoms with Crippen molar-refractivity contribution in [1.82, 2.24) is 0 Å². The smallest absolute Gasteiger partial charge is 0.790 e. The van der Waals surface area contributed by atoms with E-state index in [4.69, 9.17) is 9.47 Å². The summed E-state index contributed by atoms with van der Waals surface area (Å²) in [6.07, 6.45) is 5.92. The average Bonchev–Trinajstić information content (AvgIpc) is 2.73. The molecule has 0 saturated heterocycles. The molecule has 34 heavy (non-hydrogen) atoms. The minimum absolute atomic E-state index is 0. The van der Waals surface area contributed by atoms with Gasteiger partial charge in [-0.1, -0.05) is 51.4 Å². The Morgan fingerprint density at radius 1 is 0.853 bits per heavy atom. The molecule has 0 unspecified atom stereocenters. The number of rotatable bonds is 14. The molecule has 0 bridgehead atoms. The van der Waals surface area contributed by atoms with Crippen LogP contribution in [0, 0.1) is 47.4 Å². The summed E-state index contributed by atoms with van der Waals surface area (Å²) in [4.78, 5) is 45.0. The summed E-state index contributed by atoms with van der Waals surface area (Å²) in [6, 6.07) is 0. The summed E-state index contributed by atoms with van der Waals surface area (Å²) in [5.74, 6) is 17.2. The van der Waals surface area contributed by atoms with Gasteiger partial charge in [0.2, 0.25) is 0 Å². The summed E-state index contributed by atoms with van der Waals surface area (Å²) < 4.78 is 24.7. The van der Waals surface area contributed by atoms with Gasteiger partial charge >= 0.3 is 71.1 Å². The molecule has 1 atom stereocenters. The van der Waals surface area contributed by atoms with Crippen molar-refractivity contribution in [1.29, 1.82) is 0 Å². The van der Waals surface area contributed by atoms with Crippen LogP contribution in [0.4, 0.5) is 0 Å². The van der Waals surface area contributed by atoms with E-state index >= 15 is 0 Å². The number of phosphoric ester groups is 1. The van der Waals surface area contributed by atoms with Crippen molar-refractivity contribution in [2.45, 2.75) is 71.3 Å². The zero-order valence-electron chi connectivity index (χ0n) is 20.4. The molecule has 0 N–H and O–H groups in total. The fourth-order valence-corrected chi connectivity index (χ4v) is 2.59. The van der Waals surface area contributed by atoms with Crippen LogP contribution in [0.2, 0.25) is 0 Å². The van der Waals surface area contributed by atoms with Crippen molar-refractivity contribution < 1.29 is 97.1 Å². The monoisotopic (exact) mass is 508 g/mol. The van der Waals surface area contributed by atoms with E-state index in [1.54, 1.807) is 6.92 Å². The Hall–Kier alpha value is -0.710. The minimum atomic E-state index is -5.28. The van der Waals surface area contributed by atoms with Crippen LogP contribution < -0.4 is 68.9 Å². The normalized spacial score (nSPS) is 9.88. The first kappa shape index (κ1) is 37.8. The maximum atomic E-state index is 12.0. The number of carbonyl (C=O) groups excluding carboxylic acids is 2. The number of phosphoric acid groups is 1. The first-order chi connectivity index (χ1) is 15.3. The van der Waals surface area contributed by atoms with Gasteiger partial charge in [-0.2, -0.15) is 0 Å². The molecule has 0 aromatic carbocycles. The zero-order valence-corrected chi connectivity index (χ0v) is 25.3. The molecule has 0 spiro atoms. The molecule has 0 aliphatic carbocycles. The molecular weight excluding hydrogens is 481 g/mol. The van der Waals surface area contributed by atoms with E-state index in [1.807, 2.05) is 0 Å². The maximum absolute atomic E-state index is 12.0. The predicted molar refractivity (Wildman–Crippen MR) is 114 cm³/mol. The summed E-state index contributed by atoms with van der Waals surface area (Å²) in [7, 11) is -5.28. The summed E-state index contributed by atoms with van der Waals surface area (Å²) in [5.41, 5.74) is 0. The standard InChI is InChI=1S/C23H29O8P.2Na/c1-3-5-7-9-11-13-15-17-22(24)29-19-21(20-30-32(26,27)28)31-23(25)18-16-14-12-10-8-6-4-2;;/h21H,4,6,8,10,12,14,16,18-20H2,1-2H3,(H2,26,27,28);;/q;2*+1/p-2/t21-;;/m0../s1. The first-order valence-corrected chi connectivity index (χ1v) is 11.7. The van der Waals surface area contributed by atoms with E-state index in [2.05, 4.69) is 58.8 Å². The van der Waals surface area contributed by atoms with Gasteiger partial charge in [-0.3, -0.25) is 4.79 Å². The maximum Gasteiger partial charge on any atom is 1.00 e. The van der Waals surface area contributed by atoms with E-state index in [9.17, 15) is 23.9 Å². The van der Waals surface area contributed by atoms with Gasteiger partial charge in [0.15, 0.2) is 6.10 Å². The Kier molecular flexibility index (Phi) is 28.2. The predicted octanol–water partition coefficient (Wildman–Crippen LogP) is -4.53. The Bertz CT molecular complexity index is 885. The number of hydrogen-bond donors (Lipinski definition) is 0. The third-order valence-electron chi connectivity index (χ3n) is 3.70. The van der Waals surface area contributed by atoms with Gasteiger partial charge in [0, 0.05) is 12.3 Å². The molecule has 0 aromatic heterocycles. The zero-order chi connectivity index (χ0) is 24.1. The SMILES string of the molecule is CC#CC#CC#CC#CC(=O)OC[C@@H](COP(=O)([O-])[O-])OC(=O)CCCCCCCCC.[Na+].[Na+]. The van der Waals surface area contributed by atoms with Crippen molar-refractivity contribution in [2.24, 2.45) is 0 Å². The van der Waals surface area contributed by atoms with Crippen LogP contribution in [0.5, 0.6) is 0 Å². The molecule has 0 saturated carbocycles. The quantitative estimate of drug-likeness (QED) is 0.0574. The molecule has 0 aliphatic rings. The number of hydrogen-bond acceptors (Lipinski definition) is 8. The first-order valence-electron chi connectivity index (χ1n) is 10.2. The van der Waals surface area contributed by atoms with Crippen LogP contribution in [0.1, 0.15) is 65.2 Å². The Morgan fingerprint density at radius 2 is 1.41 bits per heavy atom. The molecule has 174 valence electrons. The second-order valence-electron chi connectivity index (χ2n) is 6.45. The van der Waals surface area contributed by atoms with Crippen molar-refractivity contribution in [3.05, 3.63) is 0 Å². The van der Waals surface area contributed by atoms with E-state index in [0.717, 1.165) is 32.1 Å². The number of carbonyl (C=O) groups is 2. The van der Waals surface area contributed by atoms with Gasteiger partial charge in [-0.05, 0) is 48.9 Å². The number of unbranched alkanes of at least 4 members (excludes halogenated alkanes) is 6. The van der Waals surface area contributed by atoms with Gasteiger partial charge in [0.05, 0.1) is 14.4 Å². The van der Waals surface area contributed by atoms with Crippen molar-refractivity contribution in [3.63, 3.8) is 0 Å². The fraction of sp³-hybridized carbons (Fsp3) is 0.565. The van der Waals surface area contributed by atoms with Crippen molar-refractivity contribution >= 4 is 19.8 Å². The molecule has 8 nitrogen and oxygen atoms in total. The molecule has 0 aromatic rings. The third kappa shape index (κ3) is 27.5. The average molecular weight is 508 g/mol. The second-order valence-corrected chi connectivity index (χ2v) is 7.60. The Morgan fingerprint density at radius 3 is 2.00 bits per heavy atom. The summed E-state index contributed by atoms with van der Waals surface area (Å²) in [5, 5.41) is 0. The van der Waals surface area contributed by atoms with E-state index in [-0.39, 0.29) is 65.5 Å². The van der Waals surface area contributed by atoms with Gasteiger partial charge < -0.3 is 28.3 Å². The molecule has 0 aliphatic heterocycles. The minimum Gasteiger partial charge on any atom is -0.790 e. The molecule has 0 amide bonds. The van der Waals surface area contributed by atoms with Crippen LogP contribution >= 0.6 is 7.82 Å². The molecule has 0 radical (unpaired) electrons. The second kappa shape index (κ2) is 25.4. The molecule has 11 heteroatoms. The topological polar surface area (TPSA) is 125 Å². The van der Waals surface area contributed by atoms with Gasteiger partial charge in [-0.15, -0.1) is 0 Å². The fourth-order valence-electron chi connectivity index (χ4n) is 2.24. The van der Waals surface area contributed by atoms with Gasteiger partial charge in [-0.25, -0.2) is 4.79 Å². The molecule has 0 rings (SSSR count). The number of ether oxygens (including phenoxy) is 2. The molecular formula is C23H27Na2O8P. The Balaban J connectivity index is -0.00000480. The van der Waals surface area contributed by atoms with E-state index in [0.29, 0.717) is 6.42 Å². The van der Waals surface area contributed by atoms with E-state index in [1.165, 1.54) is 6.42 Å². The van der Waals surface area contributed by atoms with Crippen LogP contribution in [0.3, 0.4) is 0 Å². The summed E-state index contributed by atoms with van der Waals surface area (Å²) >= 11 is 0. The van der Waals surface area contributed by atoms with Crippen molar-refractivity contribution in [2.75, 3.05) is 13.2 Å². The molecule has 0 heterocycles. The summed E-state index contributed by atoms with van der Waals surface area (Å²) in [6.45, 7) is 2.46. The number of esters is 2. The van der Waals surface area contributed by atoms with Gasteiger partial charge in [0.1, 0.15) is 6.61 Å². The van der Waals surface area contributed by atoms with Gasteiger partial charge in [0.25, 0.3) is 0 Å². The van der Waals surface area contributed by atoms with E-state index < -0.39 is 39.1 Å².